The molecule has 158 valence electrons. The lowest BCUT2D eigenvalue weighted by Gasteiger charge is -2.20. The topological polar surface area (TPSA) is 94.2 Å². The van der Waals surface area contributed by atoms with E-state index in [1.165, 1.54) is 41.2 Å². The monoisotopic (exact) mass is 435 g/mol. The first-order valence-corrected chi connectivity index (χ1v) is 10.8. The van der Waals surface area contributed by atoms with Crippen molar-refractivity contribution < 1.29 is 9.72 Å². The fraction of sp³-hybridized carbons (Fsp3) is 0.227. The fourth-order valence-electron chi connectivity index (χ4n) is 3.29. The molecule has 4 rings (SSSR count). The molecule has 0 aliphatic carbocycles. The van der Waals surface area contributed by atoms with Crippen molar-refractivity contribution >= 4 is 38.3 Å². The number of carbonyl (C=O) groups is 1. The van der Waals surface area contributed by atoms with E-state index < -0.39 is 4.92 Å². The maximum Gasteiger partial charge on any atom is 0.269 e. The number of nitrogens with zero attached hydrogens (tertiary/aromatic N) is 5. The first kappa shape index (κ1) is 20.7. The number of non-ortho nitro benzene ring substituents is 1. The van der Waals surface area contributed by atoms with Gasteiger partial charge in [-0.3, -0.25) is 19.8 Å². The molecule has 31 heavy (non-hydrogen) atoms. The van der Waals surface area contributed by atoms with Crippen LogP contribution in [0.3, 0.4) is 0 Å². The molecule has 2 heterocycles. The number of carbonyl (C=O) groups excluding carboxylic acids is 1. The van der Waals surface area contributed by atoms with Crippen molar-refractivity contribution in [1.82, 2.24) is 14.5 Å². The van der Waals surface area contributed by atoms with E-state index in [4.69, 9.17) is 4.98 Å². The summed E-state index contributed by atoms with van der Waals surface area (Å²) in [7, 11) is 0. The third kappa shape index (κ3) is 4.61. The van der Waals surface area contributed by atoms with Crippen molar-refractivity contribution in [2.45, 2.75) is 26.3 Å². The number of aromatic nitrogens is 3. The summed E-state index contributed by atoms with van der Waals surface area (Å²) in [6.45, 7) is 3.28. The van der Waals surface area contributed by atoms with Gasteiger partial charge in [0.25, 0.3) is 11.6 Å². The van der Waals surface area contributed by atoms with E-state index in [9.17, 15) is 14.9 Å². The van der Waals surface area contributed by atoms with E-state index in [-0.39, 0.29) is 11.6 Å². The van der Waals surface area contributed by atoms with Gasteiger partial charge in [-0.2, -0.15) is 0 Å². The highest BCUT2D eigenvalue weighted by Gasteiger charge is 2.22. The second-order valence-corrected chi connectivity index (χ2v) is 8.08. The van der Waals surface area contributed by atoms with Crippen LogP contribution < -0.4 is 4.90 Å². The molecule has 0 fully saturated rings. The number of nitro benzene ring substituents is 1. The van der Waals surface area contributed by atoms with Crippen LogP contribution in [0.25, 0.3) is 10.2 Å². The summed E-state index contributed by atoms with van der Waals surface area (Å²) in [6.07, 6.45) is 6.99. The Morgan fingerprint density at radius 1 is 1.23 bits per heavy atom. The van der Waals surface area contributed by atoms with E-state index in [0.717, 1.165) is 23.2 Å². The van der Waals surface area contributed by atoms with Crippen molar-refractivity contribution in [3.05, 3.63) is 82.4 Å². The highest BCUT2D eigenvalue weighted by atomic mass is 32.1. The lowest BCUT2D eigenvalue weighted by atomic mass is 10.2. The van der Waals surface area contributed by atoms with Gasteiger partial charge in [0.1, 0.15) is 0 Å². The number of nitro groups is 1. The maximum atomic E-state index is 13.3. The zero-order valence-corrected chi connectivity index (χ0v) is 17.8. The van der Waals surface area contributed by atoms with Gasteiger partial charge < -0.3 is 4.57 Å². The smallest absolute Gasteiger partial charge is 0.269 e. The SMILES string of the molecule is CCc1ccc2nc(N(CCCn3ccnc3)C(=O)c3ccc([N+](=O)[O-])cc3)sc2c1. The maximum absolute atomic E-state index is 13.3. The predicted octanol–water partition coefficient (Wildman–Crippen LogP) is 4.70. The number of fused-ring (bicyclic) bond motifs is 1. The van der Waals surface area contributed by atoms with Crippen LogP contribution in [0.5, 0.6) is 0 Å². The second kappa shape index (κ2) is 9.05. The third-order valence-electron chi connectivity index (χ3n) is 5.01. The highest BCUT2D eigenvalue weighted by Crippen LogP contribution is 2.31. The molecule has 0 aliphatic heterocycles. The van der Waals surface area contributed by atoms with Gasteiger partial charge in [0.2, 0.25) is 0 Å². The minimum atomic E-state index is -0.476. The third-order valence-corrected chi connectivity index (χ3v) is 6.05. The molecule has 0 bridgehead atoms. The van der Waals surface area contributed by atoms with Crippen molar-refractivity contribution in [2.75, 3.05) is 11.4 Å². The molecule has 4 aromatic rings. The van der Waals surface area contributed by atoms with Gasteiger partial charge in [-0.1, -0.05) is 24.3 Å². The summed E-state index contributed by atoms with van der Waals surface area (Å²) in [5.41, 5.74) is 2.42. The molecule has 2 aromatic heterocycles. The molecule has 2 aromatic carbocycles. The van der Waals surface area contributed by atoms with Gasteiger partial charge >= 0.3 is 0 Å². The largest absolute Gasteiger partial charge is 0.337 e. The summed E-state index contributed by atoms with van der Waals surface area (Å²) in [5, 5.41) is 11.6. The number of thiazole rings is 1. The number of amides is 1. The average molecular weight is 436 g/mol. The Morgan fingerprint density at radius 2 is 2.03 bits per heavy atom. The predicted molar refractivity (Wildman–Crippen MR) is 121 cm³/mol. The molecule has 0 saturated heterocycles. The molecule has 0 N–H and O–H groups in total. The van der Waals surface area contributed by atoms with E-state index in [2.05, 4.69) is 18.0 Å². The molecule has 0 aliphatic rings. The van der Waals surface area contributed by atoms with E-state index in [0.29, 0.717) is 23.7 Å². The number of imidazole rings is 1. The molecule has 0 unspecified atom stereocenters. The minimum absolute atomic E-state index is 0.0460. The normalized spacial score (nSPS) is 11.0. The summed E-state index contributed by atoms with van der Waals surface area (Å²) in [5.74, 6) is -0.227. The average Bonchev–Trinajstić information content (AvgIpc) is 3.45. The van der Waals surface area contributed by atoms with Gasteiger partial charge in [-0.05, 0) is 42.7 Å². The van der Waals surface area contributed by atoms with E-state index in [1.54, 1.807) is 17.4 Å². The fourth-order valence-corrected chi connectivity index (χ4v) is 4.34. The Labute approximate surface area is 182 Å². The standard InChI is InChI=1S/C22H21N5O3S/c1-2-16-4-9-19-20(14-16)31-22(24-19)26(12-3-11-25-13-10-23-15-25)21(28)17-5-7-18(8-6-17)27(29)30/h4-10,13-15H,2-3,11-12H2,1H3. The van der Waals surface area contributed by atoms with Crippen LogP contribution in [-0.4, -0.2) is 31.9 Å². The second-order valence-electron chi connectivity index (χ2n) is 7.07. The first-order chi connectivity index (χ1) is 15.0. The molecule has 1 amide bonds. The Hall–Kier alpha value is -3.59. The molecule has 9 heteroatoms. The molecule has 8 nitrogen and oxygen atoms in total. The van der Waals surface area contributed by atoms with Gasteiger partial charge in [0.05, 0.1) is 21.5 Å². The lowest BCUT2D eigenvalue weighted by molar-refractivity contribution is -0.384. The molecular weight excluding hydrogens is 414 g/mol. The lowest BCUT2D eigenvalue weighted by Crippen LogP contribution is -2.32. The number of hydrogen-bond acceptors (Lipinski definition) is 6. The van der Waals surface area contributed by atoms with Crippen LogP contribution in [0.4, 0.5) is 10.8 Å². The van der Waals surface area contributed by atoms with Gasteiger partial charge in [0.15, 0.2) is 5.13 Å². The van der Waals surface area contributed by atoms with Crippen molar-refractivity contribution in [3.63, 3.8) is 0 Å². The Bertz CT molecular complexity index is 1200. The number of hydrogen-bond donors (Lipinski definition) is 0. The Balaban J connectivity index is 1.63. The highest BCUT2D eigenvalue weighted by molar-refractivity contribution is 7.22. The van der Waals surface area contributed by atoms with Crippen LogP contribution in [-0.2, 0) is 13.0 Å². The molecular formula is C22H21N5O3S. The van der Waals surface area contributed by atoms with Crippen LogP contribution in [0.15, 0.2) is 61.2 Å². The van der Waals surface area contributed by atoms with Crippen molar-refractivity contribution in [2.24, 2.45) is 0 Å². The first-order valence-electron chi connectivity index (χ1n) is 9.96. The van der Waals surface area contributed by atoms with Gasteiger partial charge in [-0.25, -0.2) is 9.97 Å². The van der Waals surface area contributed by atoms with Crippen LogP contribution in [0, 0.1) is 10.1 Å². The summed E-state index contributed by atoms with van der Waals surface area (Å²) < 4.78 is 2.99. The quantitative estimate of drug-likeness (QED) is 0.295. The van der Waals surface area contributed by atoms with Crippen LogP contribution >= 0.6 is 11.3 Å². The number of anilines is 1. The molecule has 0 saturated carbocycles. The Kier molecular flexibility index (Phi) is 6.03. The number of rotatable bonds is 8. The minimum Gasteiger partial charge on any atom is -0.337 e. The van der Waals surface area contributed by atoms with E-state index >= 15 is 0 Å². The molecule has 0 radical (unpaired) electrons. The molecule has 0 spiro atoms. The zero-order chi connectivity index (χ0) is 21.8. The van der Waals surface area contributed by atoms with Gasteiger partial charge in [0, 0.05) is 43.2 Å². The Morgan fingerprint density at radius 3 is 2.71 bits per heavy atom. The van der Waals surface area contributed by atoms with Crippen LogP contribution in [0.2, 0.25) is 0 Å². The van der Waals surface area contributed by atoms with Crippen molar-refractivity contribution in [1.29, 1.82) is 0 Å². The zero-order valence-electron chi connectivity index (χ0n) is 17.0. The molecule has 0 atom stereocenters. The van der Waals surface area contributed by atoms with Crippen LogP contribution in [0.1, 0.15) is 29.3 Å². The number of aryl methyl sites for hydroxylation is 2. The summed E-state index contributed by atoms with van der Waals surface area (Å²) in [6, 6.07) is 11.8. The van der Waals surface area contributed by atoms with Crippen molar-refractivity contribution in [3.8, 4) is 0 Å². The van der Waals surface area contributed by atoms with Gasteiger partial charge in [-0.15, -0.1) is 0 Å². The number of benzene rings is 2. The summed E-state index contributed by atoms with van der Waals surface area (Å²) >= 11 is 1.48. The van der Waals surface area contributed by atoms with E-state index in [1.807, 2.05) is 22.9 Å². The summed E-state index contributed by atoms with van der Waals surface area (Å²) in [4.78, 5) is 34.2.